The second-order valence-electron chi connectivity index (χ2n) is 5.87. The van der Waals surface area contributed by atoms with Gasteiger partial charge in [0.15, 0.2) is 0 Å². The third kappa shape index (κ3) is 1.81. The quantitative estimate of drug-likeness (QED) is 0.712. The van der Waals surface area contributed by atoms with Gasteiger partial charge in [-0.1, -0.05) is 0 Å². The zero-order chi connectivity index (χ0) is 16.2. The van der Waals surface area contributed by atoms with Gasteiger partial charge in [-0.25, -0.2) is 4.98 Å². The molecule has 4 rings (SSSR count). The van der Waals surface area contributed by atoms with Gasteiger partial charge >= 0.3 is 0 Å². The van der Waals surface area contributed by atoms with E-state index >= 15 is 0 Å². The van der Waals surface area contributed by atoms with Gasteiger partial charge in [-0.3, -0.25) is 14.6 Å². The fourth-order valence-electron chi connectivity index (χ4n) is 2.94. The molecular formula is C17H14N4O2. The number of pyridine rings is 1. The lowest BCUT2D eigenvalue weighted by atomic mass is 9.80. The molecule has 3 aromatic rings. The Morgan fingerprint density at radius 1 is 1.22 bits per heavy atom. The lowest BCUT2D eigenvalue weighted by Gasteiger charge is -2.17. The molecule has 2 N–H and O–H groups in total. The van der Waals surface area contributed by atoms with Crippen LogP contribution in [-0.4, -0.2) is 26.6 Å². The molecule has 3 heterocycles. The first kappa shape index (κ1) is 13.6. The van der Waals surface area contributed by atoms with Crippen molar-refractivity contribution in [3.63, 3.8) is 0 Å². The van der Waals surface area contributed by atoms with E-state index in [1.54, 1.807) is 25.4 Å². The molecule has 1 aromatic carbocycles. The monoisotopic (exact) mass is 306 g/mol. The van der Waals surface area contributed by atoms with Gasteiger partial charge in [0.1, 0.15) is 17.0 Å². The predicted molar refractivity (Wildman–Crippen MR) is 86.0 cm³/mol. The van der Waals surface area contributed by atoms with Crippen LogP contribution in [0.2, 0.25) is 0 Å². The number of benzene rings is 1. The number of carbonyl (C=O) groups is 2. The van der Waals surface area contributed by atoms with Crippen LogP contribution in [0.15, 0.2) is 36.7 Å². The molecule has 0 fully saturated rings. The van der Waals surface area contributed by atoms with E-state index in [2.05, 4.69) is 20.3 Å². The van der Waals surface area contributed by atoms with Crippen LogP contribution >= 0.6 is 0 Å². The van der Waals surface area contributed by atoms with E-state index < -0.39 is 5.41 Å². The second kappa shape index (κ2) is 4.49. The molecule has 0 bridgehead atoms. The third-order valence-electron chi connectivity index (χ3n) is 4.52. The molecule has 0 saturated heterocycles. The van der Waals surface area contributed by atoms with E-state index in [-0.39, 0.29) is 11.7 Å². The molecule has 0 aliphatic carbocycles. The fraction of sp³-hybridized carbons (Fsp3) is 0.176. The molecule has 23 heavy (non-hydrogen) atoms. The SMILES string of the molecule is CC(=O)C1(C)C(=O)Nc2cc3nc(-c4ccncc4)[nH]c3cc21. The minimum Gasteiger partial charge on any atom is -0.338 e. The lowest BCUT2D eigenvalue weighted by Crippen LogP contribution is -2.37. The number of fused-ring (bicyclic) bond motifs is 2. The number of aromatic amines is 1. The van der Waals surface area contributed by atoms with Crippen molar-refractivity contribution in [3.8, 4) is 11.4 Å². The molecule has 0 spiro atoms. The molecular weight excluding hydrogens is 292 g/mol. The Labute approximate surface area is 132 Å². The Morgan fingerprint density at radius 3 is 2.65 bits per heavy atom. The van der Waals surface area contributed by atoms with Gasteiger partial charge in [0.2, 0.25) is 5.91 Å². The molecule has 0 saturated carbocycles. The van der Waals surface area contributed by atoms with Crippen molar-refractivity contribution in [2.24, 2.45) is 0 Å². The van der Waals surface area contributed by atoms with Crippen molar-refractivity contribution in [2.45, 2.75) is 19.3 Å². The van der Waals surface area contributed by atoms with Crippen molar-refractivity contribution in [1.29, 1.82) is 0 Å². The molecule has 1 atom stereocenters. The minimum absolute atomic E-state index is 0.179. The number of nitrogens with zero attached hydrogens (tertiary/aromatic N) is 2. The molecule has 1 amide bonds. The first-order valence-electron chi connectivity index (χ1n) is 7.27. The van der Waals surface area contributed by atoms with Crippen LogP contribution in [0.4, 0.5) is 5.69 Å². The maximum Gasteiger partial charge on any atom is 0.242 e. The van der Waals surface area contributed by atoms with Crippen LogP contribution in [0.5, 0.6) is 0 Å². The first-order chi connectivity index (χ1) is 11.0. The highest BCUT2D eigenvalue weighted by Gasteiger charge is 2.47. The number of nitrogens with one attached hydrogen (secondary N) is 2. The summed E-state index contributed by atoms with van der Waals surface area (Å²) in [7, 11) is 0. The Bertz CT molecular complexity index is 961. The standard InChI is InChI=1S/C17H14N4O2/c1-9(22)17(2)11-7-13-14(8-12(11)21-16(17)23)20-15(19-13)10-3-5-18-6-4-10/h3-8H,1-2H3,(H,19,20)(H,21,23). The van der Waals surface area contributed by atoms with Crippen molar-refractivity contribution in [1.82, 2.24) is 15.0 Å². The van der Waals surface area contributed by atoms with Crippen molar-refractivity contribution < 1.29 is 9.59 Å². The third-order valence-corrected chi connectivity index (χ3v) is 4.52. The summed E-state index contributed by atoms with van der Waals surface area (Å²) in [6, 6.07) is 7.37. The Hall–Kier alpha value is -3.02. The van der Waals surface area contributed by atoms with E-state index in [1.807, 2.05) is 18.2 Å². The summed E-state index contributed by atoms with van der Waals surface area (Å²) in [5, 5.41) is 2.79. The van der Waals surface area contributed by atoms with Crippen LogP contribution in [0, 0.1) is 0 Å². The smallest absolute Gasteiger partial charge is 0.242 e. The topological polar surface area (TPSA) is 87.7 Å². The van der Waals surface area contributed by atoms with Crippen LogP contribution < -0.4 is 5.32 Å². The average molecular weight is 306 g/mol. The predicted octanol–water partition coefficient (Wildman–Crippen LogP) is 2.42. The Morgan fingerprint density at radius 2 is 1.96 bits per heavy atom. The van der Waals surface area contributed by atoms with E-state index in [0.29, 0.717) is 11.3 Å². The number of amides is 1. The maximum absolute atomic E-state index is 12.2. The summed E-state index contributed by atoms with van der Waals surface area (Å²) in [6.07, 6.45) is 3.41. The number of rotatable bonds is 2. The molecule has 1 aliphatic rings. The Kier molecular flexibility index (Phi) is 2.66. The largest absolute Gasteiger partial charge is 0.338 e. The van der Waals surface area contributed by atoms with Crippen LogP contribution in [0.3, 0.4) is 0 Å². The number of hydrogen-bond donors (Lipinski definition) is 2. The molecule has 6 heteroatoms. The molecule has 1 unspecified atom stereocenters. The number of ketones is 1. The number of Topliss-reactive ketones (excluding diaryl/α,β-unsaturated/α-hetero) is 1. The van der Waals surface area contributed by atoms with E-state index in [9.17, 15) is 9.59 Å². The van der Waals surface area contributed by atoms with Crippen LogP contribution in [0.1, 0.15) is 19.4 Å². The minimum atomic E-state index is -1.15. The van der Waals surface area contributed by atoms with Gasteiger partial charge in [-0.2, -0.15) is 0 Å². The van der Waals surface area contributed by atoms with Gasteiger partial charge in [-0.05, 0) is 38.1 Å². The number of H-pyrrole nitrogens is 1. The Balaban J connectivity index is 1.91. The van der Waals surface area contributed by atoms with Gasteiger partial charge in [0.05, 0.1) is 11.0 Å². The summed E-state index contributed by atoms with van der Waals surface area (Å²) < 4.78 is 0. The molecule has 114 valence electrons. The normalized spacial score (nSPS) is 19.7. The zero-order valence-electron chi connectivity index (χ0n) is 12.7. The molecule has 0 radical (unpaired) electrons. The second-order valence-corrected chi connectivity index (χ2v) is 5.87. The number of anilines is 1. The highest BCUT2D eigenvalue weighted by Crippen LogP contribution is 2.40. The number of carbonyl (C=O) groups excluding carboxylic acids is 2. The zero-order valence-corrected chi connectivity index (χ0v) is 12.7. The van der Waals surface area contributed by atoms with E-state index in [0.717, 1.165) is 22.4 Å². The van der Waals surface area contributed by atoms with Crippen molar-refractivity contribution >= 4 is 28.4 Å². The van der Waals surface area contributed by atoms with Gasteiger partial charge in [0.25, 0.3) is 0 Å². The summed E-state index contributed by atoms with van der Waals surface area (Å²) in [4.78, 5) is 36.0. The van der Waals surface area contributed by atoms with Crippen molar-refractivity contribution in [2.75, 3.05) is 5.32 Å². The average Bonchev–Trinajstić information content (AvgIpc) is 3.06. The van der Waals surface area contributed by atoms with Gasteiger partial charge in [-0.15, -0.1) is 0 Å². The number of hydrogen-bond acceptors (Lipinski definition) is 4. The number of aromatic nitrogens is 3. The summed E-state index contributed by atoms with van der Waals surface area (Å²) >= 11 is 0. The maximum atomic E-state index is 12.2. The van der Waals surface area contributed by atoms with E-state index in [1.165, 1.54) is 6.92 Å². The van der Waals surface area contributed by atoms with E-state index in [4.69, 9.17) is 0 Å². The van der Waals surface area contributed by atoms with Gasteiger partial charge in [0, 0.05) is 29.2 Å². The fourth-order valence-corrected chi connectivity index (χ4v) is 2.94. The summed E-state index contributed by atoms with van der Waals surface area (Å²) in [5.74, 6) is 0.255. The molecule has 2 aromatic heterocycles. The summed E-state index contributed by atoms with van der Waals surface area (Å²) in [6.45, 7) is 3.09. The highest BCUT2D eigenvalue weighted by atomic mass is 16.2. The van der Waals surface area contributed by atoms with Crippen LogP contribution in [-0.2, 0) is 15.0 Å². The first-order valence-corrected chi connectivity index (χ1v) is 7.27. The van der Waals surface area contributed by atoms with Gasteiger partial charge < -0.3 is 10.3 Å². The lowest BCUT2D eigenvalue weighted by molar-refractivity contribution is -0.130. The van der Waals surface area contributed by atoms with Crippen LogP contribution in [0.25, 0.3) is 22.4 Å². The number of imidazole rings is 1. The molecule has 6 nitrogen and oxygen atoms in total. The van der Waals surface area contributed by atoms with Crippen molar-refractivity contribution in [3.05, 3.63) is 42.2 Å². The molecule has 1 aliphatic heterocycles. The summed E-state index contributed by atoms with van der Waals surface area (Å²) in [5.41, 5.74) is 2.64. The highest BCUT2D eigenvalue weighted by molar-refractivity contribution is 6.21.